The highest BCUT2D eigenvalue weighted by molar-refractivity contribution is 6.28. The van der Waals surface area contributed by atoms with Crippen molar-refractivity contribution in [1.82, 2.24) is 29.6 Å². The van der Waals surface area contributed by atoms with Gasteiger partial charge in [-0.25, -0.2) is 4.98 Å². The van der Waals surface area contributed by atoms with Crippen LogP contribution >= 0.6 is 11.6 Å². The molecular formula is C16H14ClFN6O2. The number of carbonyl (C=O) groups excluding carboxylic acids is 1. The molecule has 0 unspecified atom stereocenters. The lowest BCUT2D eigenvalue weighted by Gasteiger charge is -2.32. The largest absolute Gasteiger partial charge is 0.338 e. The van der Waals surface area contributed by atoms with Crippen molar-refractivity contribution in [3.8, 4) is 0 Å². The number of H-pyrrole nitrogens is 1. The zero-order valence-corrected chi connectivity index (χ0v) is 14.3. The molecule has 0 bridgehead atoms. The number of aromatic amines is 1. The molecular weight excluding hydrogens is 363 g/mol. The predicted octanol–water partition coefficient (Wildman–Crippen LogP) is 1.78. The first kappa shape index (κ1) is 16.6. The fraction of sp³-hybridized carbons (Fsp3) is 0.312. The number of aromatic nitrogens is 5. The van der Waals surface area contributed by atoms with Crippen molar-refractivity contribution in [2.45, 2.75) is 18.9 Å². The van der Waals surface area contributed by atoms with Gasteiger partial charge in [-0.1, -0.05) is 0 Å². The Bertz CT molecular complexity index is 1030. The highest BCUT2D eigenvalue weighted by atomic mass is 35.5. The topological polar surface area (TPSA) is 96.8 Å². The van der Waals surface area contributed by atoms with E-state index < -0.39 is 11.5 Å². The van der Waals surface area contributed by atoms with Crippen LogP contribution in [0.25, 0.3) is 11.0 Å². The number of likely N-dealkylation sites (tertiary alicyclic amines) is 1. The standard InChI is InChI=1S/C16H14ClFN6O2/c17-16-20-11-12(14(25)21-16)24(22-13(11)18)10-3-6-23(7-4-10)15(26)9-2-1-5-19-8-9/h1-2,5,8,10H,3-4,6-7H2,(H,20,21,25). The second-order valence-corrected chi connectivity index (χ2v) is 6.41. The summed E-state index contributed by atoms with van der Waals surface area (Å²) in [5.41, 5.74) is -0.0985. The molecule has 134 valence electrons. The number of piperidine rings is 1. The molecule has 0 radical (unpaired) electrons. The number of amides is 1. The Morgan fingerprint density at radius 3 is 2.81 bits per heavy atom. The lowest BCUT2D eigenvalue weighted by molar-refractivity contribution is 0.0690. The molecule has 0 aromatic carbocycles. The molecule has 0 saturated carbocycles. The fourth-order valence-corrected chi connectivity index (χ4v) is 3.41. The van der Waals surface area contributed by atoms with Crippen molar-refractivity contribution in [3.63, 3.8) is 0 Å². The molecule has 10 heteroatoms. The number of nitrogens with zero attached hydrogens (tertiary/aromatic N) is 5. The molecule has 1 N–H and O–H groups in total. The molecule has 0 atom stereocenters. The predicted molar refractivity (Wildman–Crippen MR) is 91.5 cm³/mol. The Morgan fingerprint density at radius 2 is 2.12 bits per heavy atom. The first-order valence-corrected chi connectivity index (χ1v) is 8.45. The molecule has 8 nitrogen and oxygen atoms in total. The maximum atomic E-state index is 14.1. The molecule has 4 rings (SSSR count). The van der Waals surface area contributed by atoms with Crippen molar-refractivity contribution in [1.29, 1.82) is 0 Å². The van der Waals surface area contributed by atoms with E-state index in [1.54, 1.807) is 23.2 Å². The average molecular weight is 377 g/mol. The van der Waals surface area contributed by atoms with Crippen LogP contribution in [0.3, 0.4) is 0 Å². The van der Waals surface area contributed by atoms with Crippen molar-refractivity contribution >= 4 is 28.5 Å². The highest BCUT2D eigenvalue weighted by Gasteiger charge is 2.28. The first-order valence-electron chi connectivity index (χ1n) is 8.07. The highest BCUT2D eigenvalue weighted by Crippen LogP contribution is 2.26. The van der Waals surface area contributed by atoms with E-state index in [0.717, 1.165) is 0 Å². The molecule has 1 saturated heterocycles. The van der Waals surface area contributed by atoms with Gasteiger partial charge in [0.1, 0.15) is 0 Å². The van der Waals surface area contributed by atoms with Crippen molar-refractivity contribution < 1.29 is 9.18 Å². The third-order valence-corrected chi connectivity index (χ3v) is 4.67. The molecule has 4 heterocycles. The molecule has 26 heavy (non-hydrogen) atoms. The van der Waals surface area contributed by atoms with E-state index in [1.165, 1.54) is 10.9 Å². The lowest BCUT2D eigenvalue weighted by Crippen LogP contribution is -2.39. The van der Waals surface area contributed by atoms with Gasteiger partial charge in [-0.15, -0.1) is 5.10 Å². The van der Waals surface area contributed by atoms with Gasteiger partial charge >= 0.3 is 0 Å². The van der Waals surface area contributed by atoms with Crippen LogP contribution in [0.2, 0.25) is 5.28 Å². The maximum absolute atomic E-state index is 14.1. The summed E-state index contributed by atoms with van der Waals surface area (Å²) in [6, 6.07) is 3.22. The smallest absolute Gasteiger partial charge is 0.278 e. The molecule has 0 spiro atoms. The number of fused-ring (bicyclic) bond motifs is 1. The minimum Gasteiger partial charge on any atom is -0.338 e. The van der Waals surface area contributed by atoms with Crippen LogP contribution in [0, 0.1) is 5.95 Å². The number of nitrogens with one attached hydrogen (secondary N) is 1. The van der Waals surface area contributed by atoms with Crippen molar-refractivity contribution in [3.05, 3.63) is 51.7 Å². The van der Waals surface area contributed by atoms with E-state index in [2.05, 4.69) is 20.1 Å². The van der Waals surface area contributed by atoms with Crippen LogP contribution < -0.4 is 5.56 Å². The van der Waals surface area contributed by atoms with E-state index in [0.29, 0.717) is 31.5 Å². The van der Waals surface area contributed by atoms with Gasteiger partial charge in [-0.2, -0.15) is 4.39 Å². The fourth-order valence-electron chi connectivity index (χ4n) is 3.24. The van der Waals surface area contributed by atoms with Gasteiger partial charge in [0.15, 0.2) is 11.0 Å². The Morgan fingerprint density at radius 1 is 1.35 bits per heavy atom. The molecule has 1 fully saturated rings. The number of hydrogen-bond acceptors (Lipinski definition) is 5. The van der Waals surface area contributed by atoms with E-state index in [1.807, 2.05) is 0 Å². The van der Waals surface area contributed by atoms with Gasteiger partial charge in [0.2, 0.25) is 5.28 Å². The third-order valence-electron chi connectivity index (χ3n) is 4.49. The normalized spacial score (nSPS) is 15.5. The summed E-state index contributed by atoms with van der Waals surface area (Å²) < 4.78 is 15.4. The van der Waals surface area contributed by atoms with Crippen molar-refractivity contribution in [2.75, 3.05) is 13.1 Å². The summed E-state index contributed by atoms with van der Waals surface area (Å²) in [5.74, 6) is -0.929. The van der Waals surface area contributed by atoms with E-state index >= 15 is 0 Å². The second kappa shape index (κ2) is 6.49. The van der Waals surface area contributed by atoms with E-state index in [4.69, 9.17) is 11.6 Å². The SMILES string of the molecule is O=C(c1cccnc1)N1CCC(n2nc(F)c3nc(Cl)[nH]c(=O)c32)CC1. The molecule has 3 aromatic rings. The van der Waals surface area contributed by atoms with Gasteiger partial charge in [-0.05, 0) is 36.6 Å². The monoisotopic (exact) mass is 376 g/mol. The summed E-state index contributed by atoms with van der Waals surface area (Å²) in [4.78, 5) is 36.5. The summed E-state index contributed by atoms with van der Waals surface area (Å²) in [5, 5.41) is 3.66. The van der Waals surface area contributed by atoms with Gasteiger partial charge < -0.3 is 4.90 Å². The molecule has 0 aliphatic carbocycles. The minimum absolute atomic E-state index is 0.0592. The first-order chi connectivity index (χ1) is 12.5. The van der Waals surface area contributed by atoms with Crippen LogP contribution in [-0.2, 0) is 0 Å². The molecule has 1 aliphatic rings. The van der Waals surface area contributed by atoms with Crippen LogP contribution in [0.1, 0.15) is 29.2 Å². The van der Waals surface area contributed by atoms with Crippen molar-refractivity contribution in [2.24, 2.45) is 0 Å². The zero-order valence-electron chi connectivity index (χ0n) is 13.5. The number of carbonyl (C=O) groups is 1. The van der Waals surface area contributed by atoms with Crippen LogP contribution in [0.4, 0.5) is 4.39 Å². The number of hydrogen-bond donors (Lipinski definition) is 1. The van der Waals surface area contributed by atoms with Gasteiger partial charge in [-0.3, -0.25) is 24.2 Å². The average Bonchev–Trinajstić information content (AvgIpc) is 2.99. The summed E-state index contributed by atoms with van der Waals surface area (Å²) in [6.07, 6.45) is 4.23. The third kappa shape index (κ3) is 2.84. The second-order valence-electron chi connectivity index (χ2n) is 6.05. The van der Waals surface area contributed by atoms with Crippen LogP contribution in [0.15, 0.2) is 29.3 Å². The lowest BCUT2D eigenvalue weighted by atomic mass is 10.0. The zero-order chi connectivity index (χ0) is 18.3. The molecule has 3 aromatic heterocycles. The van der Waals surface area contributed by atoms with Gasteiger partial charge in [0.25, 0.3) is 17.4 Å². The maximum Gasteiger partial charge on any atom is 0.278 e. The van der Waals surface area contributed by atoms with Crippen LogP contribution in [0.5, 0.6) is 0 Å². The molecule has 1 amide bonds. The Hall–Kier alpha value is -2.81. The van der Waals surface area contributed by atoms with Crippen LogP contribution in [-0.4, -0.2) is 48.6 Å². The quantitative estimate of drug-likeness (QED) is 0.688. The summed E-state index contributed by atoms with van der Waals surface area (Å²) in [6.45, 7) is 0.945. The van der Waals surface area contributed by atoms with E-state index in [9.17, 15) is 14.0 Å². The number of halogens is 2. The molecule has 1 aliphatic heterocycles. The number of rotatable bonds is 2. The Kier molecular flexibility index (Phi) is 4.15. The van der Waals surface area contributed by atoms with Gasteiger partial charge in [0, 0.05) is 25.5 Å². The van der Waals surface area contributed by atoms with E-state index in [-0.39, 0.29) is 28.3 Å². The Labute approximate surface area is 151 Å². The summed E-state index contributed by atoms with van der Waals surface area (Å²) in [7, 11) is 0. The number of pyridine rings is 1. The van der Waals surface area contributed by atoms with Gasteiger partial charge in [0.05, 0.1) is 11.6 Å². The Balaban J connectivity index is 1.57. The minimum atomic E-state index is -0.832. The summed E-state index contributed by atoms with van der Waals surface area (Å²) >= 11 is 5.68.